The van der Waals surface area contributed by atoms with Gasteiger partial charge in [0.1, 0.15) is 11.5 Å². The number of benzene rings is 2. The van der Waals surface area contributed by atoms with Crippen LogP contribution in [0.3, 0.4) is 0 Å². The molecule has 2 atom stereocenters. The highest BCUT2D eigenvalue weighted by Crippen LogP contribution is 2.60. The number of fused-ring (bicyclic) bond motifs is 7. The molecule has 2 aromatic carbocycles. The van der Waals surface area contributed by atoms with Crippen LogP contribution in [0, 0.1) is 6.92 Å². The Bertz CT molecular complexity index is 970. The Morgan fingerprint density at radius 1 is 0.875 bits per heavy atom. The van der Waals surface area contributed by atoms with Crippen molar-refractivity contribution in [3.05, 3.63) is 57.1 Å². The van der Waals surface area contributed by atoms with Crippen molar-refractivity contribution in [1.29, 1.82) is 0 Å². The molecular weight excluding hydrogens is 304 g/mol. The van der Waals surface area contributed by atoms with Crippen LogP contribution in [0.25, 0.3) is 0 Å². The minimum absolute atomic E-state index is 0.0121. The summed E-state index contributed by atoms with van der Waals surface area (Å²) in [4.78, 5) is 25.9. The van der Waals surface area contributed by atoms with Crippen molar-refractivity contribution in [2.45, 2.75) is 38.0 Å². The Kier molecular flexibility index (Phi) is 2.45. The van der Waals surface area contributed by atoms with Gasteiger partial charge in [0.2, 0.25) is 0 Å². The van der Waals surface area contributed by atoms with Crippen molar-refractivity contribution in [2.24, 2.45) is 0 Å². The third-order valence-corrected chi connectivity index (χ3v) is 5.89. The van der Waals surface area contributed by atoms with Gasteiger partial charge in [-0.15, -0.1) is 0 Å². The van der Waals surface area contributed by atoms with Crippen LogP contribution >= 0.6 is 0 Å². The molecule has 2 bridgehead atoms. The first-order valence-electron chi connectivity index (χ1n) is 8.30. The number of carbonyl (C=O) groups is 2. The van der Waals surface area contributed by atoms with Crippen molar-refractivity contribution in [3.8, 4) is 11.5 Å². The molecule has 120 valence electrons. The molecule has 4 nitrogen and oxygen atoms in total. The Labute approximate surface area is 138 Å². The first-order chi connectivity index (χ1) is 11.5. The molecule has 2 unspecified atom stereocenters. The SMILES string of the molecule is Cc1ccc2c(c1)C(=O)c1c(O)c3c(c(O)c1C2=O)C1CCC3C1. The van der Waals surface area contributed by atoms with Gasteiger partial charge in [0, 0.05) is 22.3 Å². The van der Waals surface area contributed by atoms with Gasteiger partial charge in [0.05, 0.1) is 11.1 Å². The molecule has 1 saturated carbocycles. The van der Waals surface area contributed by atoms with Crippen LogP contribution < -0.4 is 0 Å². The molecule has 0 amide bonds. The summed E-state index contributed by atoms with van der Waals surface area (Å²) in [5, 5.41) is 21.6. The van der Waals surface area contributed by atoms with E-state index in [1.165, 1.54) is 0 Å². The van der Waals surface area contributed by atoms with Crippen molar-refractivity contribution in [1.82, 2.24) is 0 Å². The zero-order valence-electron chi connectivity index (χ0n) is 13.2. The van der Waals surface area contributed by atoms with E-state index in [2.05, 4.69) is 0 Å². The van der Waals surface area contributed by atoms with Gasteiger partial charge in [-0.25, -0.2) is 0 Å². The maximum absolute atomic E-state index is 13.0. The molecule has 3 aliphatic rings. The number of rotatable bonds is 0. The normalized spacial score (nSPS) is 23.2. The standard InChI is InChI=1S/C20H16O4/c1-8-2-5-11-12(6-8)18(22)16-15(17(11)21)19(23)13-9-3-4-10(7-9)14(13)20(16)24/h2,5-6,9-10,23-24H,3-4,7H2,1H3. The monoisotopic (exact) mass is 320 g/mol. The highest BCUT2D eigenvalue weighted by Gasteiger charge is 2.46. The molecule has 1 fully saturated rings. The Hall–Kier alpha value is -2.62. The number of aromatic hydroxyl groups is 2. The van der Waals surface area contributed by atoms with E-state index >= 15 is 0 Å². The molecule has 2 N–H and O–H groups in total. The second kappa shape index (κ2) is 4.26. The molecule has 0 radical (unpaired) electrons. The van der Waals surface area contributed by atoms with Crippen molar-refractivity contribution in [2.75, 3.05) is 0 Å². The minimum Gasteiger partial charge on any atom is -0.507 e. The summed E-state index contributed by atoms with van der Waals surface area (Å²) in [6, 6.07) is 5.08. The lowest BCUT2D eigenvalue weighted by Crippen LogP contribution is -2.23. The predicted molar refractivity (Wildman–Crippen MR) is 87.1 cm³/mol. The van der Waals surface area contributed by atoms with E-state index in [1.807, 2.05) is 6.92 Å². The molecule has 24 heavy (non-hydrogen) atoms. The number of hydrogen-bond donors (Lipinski definition) is 2. The second-order valence-corrected chi connectivity index (χ2v) is 7.19. The second-order valence-electron chi connectivity index (χ2n) is 7.19. The fourth-order valence-corrected chi connectivity index (χ4v) is 4.85. The quantitative estimate of drug-likeness (QED) is 0.621. The van der Waals surface area contributed by atoms with E-state index < -0.39 is 0 Å². The third kappa shape index (κ3) is 1.44. The van der Waals surface area contributed by atoms with Crippen molar-refractivity contribution >= 4 is 11.6 Å². The summed E-state index contributed by atoms with van der Waals surface area (Å²) in [7, 11) is 0. The summed E-state index contributed by atoms with van der Waals surface area (Å²) in [5.41, 5.74) is 2.85. The van der Waals surface area contributed by atoms with Gasteiger partial charge in [-0.3, -0.25) is 9.59 Å². The van der Waals surface area contributed by atoms with Gasteiger partial charge < -0.3 is 10.2 Å². The van der Waals surface area contributed by atoms with Gasteiger partial charge in [-0.1, -0.05) is 17.7 Å². The fraction of sp³-hybridized carbons (Fsp3) is 0.300. The molecule has 0 saturated heterocycles. The molecule has 0 aromatic heterocycles. The summed E-state index contributed by atoms with van der Waals surface area (Å²) in [6.45, 7) is 1.85. The van der Waals surface area contributed by atoms with Gasteiger partial charge in [-0.2, -0.15) is 0 Å². The summed E-state index contributed by atoms with van der Waals surface area (Å²) in [6.07, 6.45) is 2.80. The maximum Gasteiger partial charge on any atom is 0.198 e. The molecular formula is C20H16O4. The van der Waals surface area contributed by atoms with Gasteiger partial charge in [0.15, 0.2) is 11.6 Å². The first kappa shape index (κ1) is 13.8. The summed E-state index contributed by atoms with van der Waals surface area (Å²) < 4.78 is 0. The Balaban J connectivity index is 1.87. The van der Waals surface area contributed by atoms with Gasteiger partial charge >= 0.3 is 0 Å². The Morgan fingerprint density at radius 3 is 2.00 bits per heavy atom. The molecule has 3 aliphatic carbocycles. The lowest BCUT2D eigenvalue weighted by Gasteiger charge is -2.26. The topological polar surface area (TPSA) is 74.6 Å². The van der Waals surface area contributed by atoms with E-state index in [9.17, 15) is 19.8 Å². The lowest BCUT2D eigenvalue weighted by molar-refractivity contribution is 0.0973. The number of carbonyl (C=O) groups excluding carboxylic acids is 2. The predicted octanol–water partition coefficient (Wildman–Crippen LogP) is 3.55. The lowest BCUT2D eigenvalue weighted by atomic mass is 9.77. The third-order valence-electron chi connectivity index (χ3n) is 5.89. The average molecular weight is 320 g/mol. The average Bonchev–Trinajstić information content (AvgIpc) is 3.17. The Morgan fingerprint density at radius 2 is 1.42 bits per heavy atom. The summed E-state index contributed by atoms with van der Waals surface area (Å²) >= 11 is 0. The number of hydrogen-bond acceptors (Lipinski definition) is 4. The van der Waals surface area contributed by atoms with Crippen LogP contribution in [0.4, 0.5) is 0 Å². The zero-order valence-corrected chi connectivity index (χ0v) is 13.2. The van der Waals surface area contributed by atoms with Gasteiger partial charge in [-0.05, 0) is 44.1 Å². The number of phenolic OH excluding ortho intramolecular Hbond substituents is 2. The smallest absolute Gasteiger partial charge is 0.198 e. The van der Waals surface area contributed by atoms with E-state index in [4.69, 9.17) is 0 Å². The van der Waals surface area contributed by atoms with E-state index in [0.717, 1.165) is 24.8 Å². The van der Waals surface area contributed by atoms with Crippen LogP contribution in [0.15, 0.2) is 18.2 Å². The molecule has 2 aromatic rings. The van der Waals surface area contributed by atoms with Crippen molar-refractivity contribution in [3.63, 3.8) is 0 Å². The fourth-order valence-electron chi connectivity index (χ4n) is 4.85. The maximum atomic E-state index is 13.0. The minimum atomic E-state index is -0.377. The first-order valence-corrected chi connectivity index (χ1v) is 8.30. The van der Waals surface area contributed by atoms with E-state index in [0.29, 0.717) is 22.3 Å². The van der Waals surface area contributed by atoms with Crippen LogP contribution in [-0.4, -0.2) is 21.8 Å². The highest BCUT2D eigenvalue weighted by atomic mass is 16.3. The van der Waals surface area contributed by atoms with Crippen molar-refractivity contribution < 1.29 is 19.8 Å². The number of aryl methyl sites for hydroxylation is 1. The van der Waals surface area contributed by atoms with E-state index in [-0.39, 0.29) is 46.0 Å². The molecule has 0 spiro atoms. The summed E-state index contributed by atoms with van der Waals surface area (Å²) in [5.74, 6) is -0.559. The molecule has 5 rings (SSSR count). The number of ketones is 2. The largest absolute Gasteiger partial charge is 0.507 e. The zero-order chi connectivity index (χ0) is 16.7. The van der Waals surface area contributed by atoms with Gasteiger partial charge in [0.25, 0.3) is 0 Å². The highest BCUT2D eigenvalue weighted by molar-refractivity contribution is 6.30. The van der Waals surface area contributed by atoms with Crippen LogP contribution in [0.5, 0.6) is 11.5 Å². The molecule has 4 heteroatoms. The molecule has 0 heterocycles. The van der Waals surface area contributed by atoms with Crippen LogP contribution in [0.1, 0.15) is 79.6 Å². The van der Waals surface area contributed by atoms with Crippen LogP contribution in [0.2, 0.25) is 0 Å². The van der Waals surface area contributed by atoms with Crippen LogP contribution in [-0.2, 0) is 0 Å². The molecule has 0 aliphatic heterocycles. The van der Waals surface area contributed by atoms with E-state index in [1.54, 1.807) is 18.2 Å². The number of phenols is 2.